The normalized spacial score (nSPS) is 28.3. The molecule has 112 valence electrons. The Bertz CT molecular complexity index is 443. The Labute approximate surface area is 126 Å². The van der Waals surface area contributed by atoms with Crippen LogP contribution in [0.25, 0.3) is 0 Å². The van der Waals surface area contributed by atoms with Crippen LogP contribution in [-0.4, -0.2) is 23.7 Å². The summed E-state index contributed by atoms with van der Waals surface area (Å²) in [6.45, 7) is 2.28. The van der Waals surface area contributed by atoms with Gasteiger partial charge in [0.15, 0.2) is 0 Å². The molecular formula is C15H24ClN3O. The SMILES string of the molecule is COC1(C(Cc2ccncc2Cl)NN)CCCC(C)C1. The second kappa shape index (κ2) is 6.85. The molecule has 0 saturated heterocycles. The van der Waals surface area contributed by atoms with E-state index < -0.39 is 0 Å². The van der Waals surface area contributed by atoms with Crippen molar-refractivity contribution in [3.05, 3.63) is 29.0 Å². The van der Waals surface area contributed by atoms with Gasteiger partial charge in [0.25, 0.3) is 0 Å². The van der Waals surface area contributed by atoms with E-state index in [4.69, 9.17) is 22.2 Å². The zero-order valence-corrected chi connectivity index (χ0v) is 13.0. The molecule has 0 bridgehead atoms. The molecule has 0 spiro atoms. The van der Waals surface area contributed by atoms with Gasteiger partial charge in [-0.25, -0.2) is 0 Å². The Balaban J connectivity index is 2.19. The highest BCUT2D eigenvalue weighted by atomic mass is 35.5. The number of nitrogens with two attached hydrogens (primary N) is 1. The minimum absolute atomic E-state index is 0.0511. The monoisotopic (exact) mass is 297 g/mol. The molecule has 3 N–H and O–H groups in total. The van der Waals surface area contributed by atoms with Crippen LogP contribution in [0, 0.1) is 5.92 Å². The van der Waals surface area contributed by atoms with Crippen LogP contribution in [0.15, 0.2) is 18.5 Å². The predicted molar refractivity (Wildman–Crippen MR) is 81.4 cm³/mol. The minimum Gasteiger partial charge on any atom is -0.377 e. The molecule has 5 heteroatoms. The molecule has 4 nitrogen and oxygen atoms in total. The number of ether oxygens (including phenoxy) is 1. The summed E-state index contributed by atoms with van der Waals surface area (Å²) >= 11 is 6.21. The maximum Gasteiger partial charge on any atom is 0.0850 e. The highest BCUT2D eigenvalue weighted by Crippen LogP contribution is 2.38. The number of methoxy groups -OCH3 is 1. The molecule has 1 aliphatic rings. The van der Waals surface area contributed by atoms with Crippen LogP contribution in [0.2, 0.25) is 5.02 Å². The van der Waals surface area contributed by atoms with Crippen LogP contribution < -0.4 is 11.3 Å². The molecular weight excluding hydrogens is 274 g/mol. The number of nitrogens with one attached hydrogen (secondary N) is 1. The van der Waals surface area contributed by atoms with Gasteiger partial charge in [0.2, 0.25) is 0 Å². The van der Waals surface area contributed by atoms with Crippen molar-refractivity contribution in [1.82, 2.24) is 10.4 Å². The van der Waals surface area contributed by atoms with Crippen molar-refractivity contribution in [3.8, 4) is 0 Å². The fourth-order valence-electron chi connectivity index (χ4n) is 3.37. The molecule has 2 rings (SSSR count). The molecule has 0 amide bonds. The summed E-state index contributed by atoms with van der Waals surface area (Å²) in [5, 5.41) is 0.683. The maximum absolute atomic E-state index is 6.21. The predicted octanol–water partition coefficient (Wildman–Crippen LogP) is 2.70. The lowest BCUT2D eigenvalue weighted by molar-refractivity contribution is -0.0791. The van der Waals surface area contributed by atoms with E-state index in [1.54, 1.807) is 19.5 Å². The third-order valence-corrected chi connectivity index (χ3v) is 4.85. The van der Waals surface area contributed by atoms with E-state index in [9.17, 15) is 0 Å². The quantitative estimate of drug-likeness (QED) is 0.648. The first kappa shape index (κ1) is 15.7. The molecule has 1 aliphatic carbocycles. The summed E-state index contributed by atoms with van der Waals surface area (Å²) in [7, 11) is 1.79. The second-order valence-electron chi connectivity index (χ2n) is 5.86. The van der Waals surface area contributed by atoms with E-state index in [-0.39, 0.29) is 11.6 Å². The van der Waals surface area contributed by atoms with Crippen molar-refractivity contribution in [1.29, 1.82) is 0 Å². The van der Waals surface area contributed by atoms with E-state index in [0.29, 0.717) is 10.9 Å². The third kappa shape index (κ3) is 3.31. The highest BCUT2D eigenvalue weighted by Gasteiger charge is 2.41. The standard InChI is InChI=1S/C15H24ClN3O/c1-11-4-3-6-15(9-11,20-2)14(19-17)8-12-5-7-18-10-13(12)16/h5,7,10-11,14,19H,3-4,6,8-9,17H2,1-2H3. The molecule has 1 heterocycles. The van der Waals surface area contributed by atoms with E-state index in [1.165, 1.54) is 12.8 Å². The number of halogens is 1. The first-order valence-corrected chi connectivity index (χ1v) is 7.59. The molecule has 3 unspecified atom stereocenters. The number of hydrogen-bond acceptors (Lipinski definition) is 4. The molecule has 0 aromatic carbocycles. The lowest BCUT2D eigenvalue weighted by Crippen LogP contribution is -2.57. The fraction of sp³-hybridized carbons (Fsp3) is 0.667. The van der Waals surface area contributed by atoms with Crippen LogP contribution in [0.3, 0.4) is 0 Å². The van der Waals surface area contributed by atoms with Crippen molar-refractivity contribution in [2.45, 2.75) is 50.7 Å². The van der Waals surface area contributed by atoms with Crippen LogP contribution in [0.1, 0.15) is 38.2 Å². The highest BCUT2D eigenvalue weighted by molar-refractivity contribution is 6.31. The first-order chi connectivity index (χ1) is 9.61. The average molecular weight is 298 g/mol. The van der Waals surface area contributed by atoms with E-state index >= 15 is 0 Å². The van der Waals surface area contributed by atoms with Gasteiger partial charge in [0, 0.05) is 19.5 Å². The number of pyridine rings is 1. The van der Waals surface area contributed by atoms with Crippen molar-refractivity contribution in [2.75, 3.05) is 7.11 Å². The van der Waals surface area contributed by atoms with Gasteiger partial charge in [-0.05, 0) is 36.8 Å². The van der Waals surface area contributed by atoms with Crippen LogP contribution >= 0.6 is 11.6 Å². The average Bonchev–Trinajstić information content (AvgIpc) is 2.46. The number of aromatic nitrogens is 1. The number of hydrazine groups is 1. The Morgan fingerprint density at radius 2 is 2.45 bits per heavy atom. The molecule has 3 atom stereocenters. The van der Waals surface area contributed by atoms with Gasteiger partial charge in [-0.1, -0.05) is 31.4 Å². The molecule has 1 saturated carbocycles. The van der Waals surface area contributed by atoms with Crippen molar-refractivity contribution in [3.63, 3.8) is 0 Å². The van der Waals surface area contributed by atoms with Gasteiger partial charge in [-0.3, -0.25) is 16.3 Å². The molecule has 20 heavy (non-hydrogen) atoms. The van der Waals surface area contributed by atoms with E-state index in [1.807, 2.05) is 6.07 Å². The second-order valence-corrected chi connectivity index (χ2v) is 6.27. The topological polar surface area (TPSA) is 60.2 Å². The molecule has 1 aromatic heterocycles. The lowest BCUT2D eigenvalue weighted by atomic mass is 9.73. The van der Waals surface area contributed by atoms with Crippen molar-refractivity contribution >= 4 is 11.6 Å². The molecule has 1 aromatic rings. The Hall–Kier alpha value is -0.680. The smallest absolute Gasteiger partial charge is 0.0850 e. The molecule has 0 aliphatic heterocycles. The van der Waals surface area contributed by atoms with Crippen molar-refractivity contribution < 1.29 is 4.74 Å². The Morgan fingerprint density at radius 3 is 3.05 bits per heavy atom. The maximum atomic E-state index is 6.21. The first-order valence-electron chi connectivity index (χ1n) is 7.21. The lowest BCUT2D eigenvalue weighted by Gasteiger charge is -2.44. The largest absolute Gasteiger partial charge is 0.377 e. The zero-order chi connectivity index (χ0) is 14.6. The van der Waals surface area contributed by atoms with Crippen molar-refractivity contribution in [2.24, 2.45) is 11.8 Å². The van der Waals surface area contributed by atoms with Gasteiger partial charge in [-0.15, -0.1) is 0 Å². The summed E-state index contributed by atoms with van der Waals surface area (Å²) in [6, 6.07) is 2.00. The van der Waals surface area contributed by atoms with Gasteiger partial charge >= 0.3 is 0 Å². The van der Waals surface area contributed by atoms with Gasteiger partial charge in [0.1, 0.15) is 0 Å². The van der Waals surface area contributed by atoms with Gasteiger partial charge in [0.05, 0.1) is 16.7 Å². The number of rotatable bonds is 5. The summed E-state index contributed by atoms with van der Waals surface area (Å²) in [5.74, 6) is 6.48. The van der Waals surface area contributed by atoms with Crippen LogP contribution in [0.4, 0.5) is 0 Å². The van der Waals surface area contributed by atoms with Crippen LogP contribution in [-0.2, 0) is 11.2 Å². The van der Waals surface area contributed by atoms with E-state index in [0.717, 1.165) is 24.8 Å². The fourth-order valence-corrected chi connectivity index (χ4v) is 3.57. The summed E-state index contributed by atoms with van der Waals surface area (Å²) in [4.78, 5) is 4.03. The third-order valence-electron chi connectivity index (χ3n) is 4.51. The molecule has 0 radical (unpaired) electrons. The number of nitrogens with zero attached hydrogens (tertiary/aromatic N) is 1. The van der Waals surface area contributed by atoms with Gasteiger partial charge < -0.3 is 4.74 Å². The molecule has 1 fully saturated rings. The minimum atomic E-state index is -0.209. The number of hydrogen-bond donors (Lipinski definition) is 2. The van der Waals surface area contributed by atoms with E-state index in [2.05, 4.69) is 17.3 Å². The summed E-state index contributed by atoms with van der Waals surface area (Å²) in [6.07, 6.45) is 8.69. The zero-order valence-electron chi connectivity index (χ0n) is 12.2. The summed E-state index contributed by atoms with van der Waals surface area (Å²) in [5.41, 5.74) is 3.80. The summed E-state index contributed by atoms with van der Waals surface area (Å²) < 4.78 is 5.91. The Morgan fingerprint density at radius 1 is 1.65 bits per heavy atom. The van der Waals surface area contributed by atoms with Gasteiger partial charge in [-0.2, -0.15) is 0 Å². The van der Waals surface area contributed by atoms with Crippen LogP contribution in [0.5, 0.6) is 0 Å². The Kier molecular flexibility index (Phi) is 5.38.